The summed E-state index contributed by atoms with van der Waals surface area (Å²) in [7, 11) is 0. The molecule has 1 atom stereocenters. The maximum Gasteiger partial charge on any atom is 0.295 e. The van der Waals surface area contributed by atoms with Crippen LogP contribution in [0.5, 0.6) is 11.5 Å². The number of rotatable bonds is 7. The van der Waals surface area contributed by atoms with Crippen molar-refractivity contribution in [3.05, 3.63) is 63.1 Å². The topological polar surface area (TPSA) is 87.1 Å². The third kappa shape index (κ3) is 4.50. The van der Waals surface area contributed by atoms with E-state index < -0.39 is 23.5 Å². The van der Waals surface area contributed by atoms with Gasteiger partial charge >= 0.3 is 0 Å². The smallest absolute Gasteiger partial charge is 0.295 e. The number of hydrogen-bond donors (Lipinski definition) is 2. The van der Waals surface area contributed by atoms with E-state index in [1.165, 1.54) is 23.1 Å². The molecule has 0 spiro atoms. The highest BCUT2D eigenvalue weighted by Crippen LogP contribution is 2.42. The van der Waals surface area contributed by atoms with Gasteiger partial charge in [0.2, 0.25) is 0 Å². The van der Waals surface area contributed by atoms with Crippen LogP contribution in [0.15, 0.2) is 42.0 Å². The third-order valence-electron chi connectivity index (χ3n) is 5.08. The number of ether oxygens (including phenoxy) is 1. The van der Waals surface area contributed by atoms with Gasteiger partial charge in [-0.05, 0) is 49.2 Å². The van der Waals surface area contributed by atoms with Crippen molar-refractivity contribution in [2.75, 3.05) is 13.2 Å². The number of phenols is 1. The van der Waals surface area contributed by atoms with E-state index in [2.05, 4.69) is 0 Å². The summed E-state index contributed by atoms with van der Waals surface area (Å²) in [6, 6.07) is 8.32. The monoisotopic (exact) mass is 463 g/mol. The summed E-state index contributed by atoms with van der Waals surface area (Å²) >= 11 is 12.4. The molecule has 0 aromatic heterocycles. The minimum atomic E-state index is -0.864. The number of carbonyl (C=O) groups is 2. The quantitative estimate of drug-likeness (QED) is 0.329. The van der Waals surface area contributed by atoms with E-state index >= 15 is 0 Å². The third-order valence-corrected chi connectivity index (χ3v) is 5.72. The molecule has 1 amide bonds. The molecule has 0 saturated carbocycles. The molecule has 1 aliphatic heterocycles. The highest BCUT2D eigenvalue weighted by Gasteiger charge is 2.46. The van der Waals surface area contributed by atoms with Crippen LogP contribution in [0.1, 0.15) is 43.9 Å². The first-order chi connectivity index (χ1) is 14.8. The molecule has 0 bridgehead atoms. The van der Waals surface area contributed by atoms with Gasteiger partial charge in [0.25, 0.3) is 11.7 Å². The lowest BCUT2D eigenvalue weighted by Crippen LogP contribution is -2.30. The van der Waals surface area contributed by atoms with Gasteiger partial charge in [-0.2, -0.15) is 0 Å². The van der Waals surface area contributed by atoms with Crippen LogP contribution in [-0.4, -0.2) is 40.0 Å². The first kappa shape index (κ1) is 23.0. The largest absolute Gasteiger partial charge is 0.507 e. The van der Waals surface area contributed by atoms with Crippen LogP contribution < -0.4 is 4.74 Å². The van der Waals surface area contributed by atoms with Gasteiger partial charge in [-0.25, -0.2) is 0 Å². The van der Waals surface area contributed by atoms with Gasteiger partial charge in [0, 0.05) is 12.1 Å². The fraction of sp³-hybridized carbons (Fsp3) is 0.304. The summed E-state index contributed by atoms with van der Waals surface area (Å²) in [4.78, 5) is 27.2. The summed E-state index contributed by atoms with van der Waals surface area (Å²) < 4.78 is 5.48. The number of aliphatic hydroxyl groups is 1. The van der Waals surface area contributed by atoms with Crippen LogP contribution in [0.25, 0.3) is 5.76 Å². The Morgan fingerprint density at radius 3 is 2.48 bits per heavy atom. The zero-order chi connectivity index (χ0) is 22.7. The fourth-order valence-electron chi connectivity index (χ4n) is 3.57. The zero-order valence-electron chi connectivity index (χ0n) is 17.2. The zero-order valence-corrected chi connectivity index (χ0v) is 18.7. The number of aromatic hydroxyl groups is 1. The van der Waals surface area contributed by atoms with Crippen molar-refractivity contribution in [1.29, 1.82) is 0 Å². The molecule has 2 aromatic rings. The second kappa shape index (κ2) is 9.62. The predicted molar refractivity (Wildman–Crippen MR) is 120 cm³/mol. The molecular formula is C23H23Cl2NO5. The highest BCUT2D eigenvalue weighted by atomic mass is 35.5. The number of benzene rings is 2. The number of phenolic OH excluding ortho intramolecular Hbond substituents is 1. The van der Waals surface area contributed by atoms with Crippen molar-refractivity contribution < 1.29 is 24.5 Å². The van der Waals surface area contributed by atoms with Gasteiger partial charge in [0.1, 0.15) is 17.3 Å². The molecule has 2 aromatic carbocycles. The molecule has 31 heavy (non-hydrogen) atoms. The number of aliphatic hydroxyl groups excluding tert-OH is 1. The first-order valence-electron chi connectivity index (χ1n) is 9.99. The number of ketones is 1. The van der Waals surface area contributed by atoms with Crippen LogP contribution in [0, 0.1) is 0 Å². The van der Waals surface area contributed by atoms with Crippen LogP contribution in [0.2, 0.25) is 10.0 Å². The Kier molecular flexibility index (Phi) is 7.13. The summed E-state index contributed by atoms with van der Waals surface area (Å²) in [6.45, 7) is 4.53. The lowest BCUT2D eigenvalue weighted by Gasteiger charge is -2.25. The van der Waals surface area contributed by atoms with Crippen LogP contribution in [0.3, 0.4) is 0 Å². The number of Topliss-reactive ketones (excluding diaryl/α,β-unsaturated/α-hetero) is 1. The minimum absolute atomic E-state index is 0.0787. The van der Waals surface area contributed by atoms with Crippen molar-refractivity contribution in [3.63, 3.8) is 0 Å². The van der Waals surface area contributed by atoms with E-state index in [0.29, 0.717) is 30.9 Å². The maximum absolute atomic E-state index is 13.0. The average molecular weight is 464 g/mol. The van der Waals surface area contributed by atoms with Gasteiger partial charge < -0.3 is 19.8 Å². The normalized spacial score (nSPS) is 17.9. The van der Waals surface area contributed by atoms with Crippen LogP contribution >= 0.6 is 23.2 Å². The number of carbonyl (C=O) groups excluding carboxylic acids is 2. The molecule has 0 aliphatic carbocycles. The van der Waals surface area contributed by atoms with Crippen molar-refractivity contribution >= 4 is 40.7 Å². The summed E-state index contributed by atoms with van der Waals surface area (Å²) in [5.74, 6) is -1.55. The number of amides is 1. The molecule has 1 unspecified atom stereocenters. The SMILES string of the molecule is CCCCN1C(=O)C(=O)/C(=C(/O)c2cc(OCC)ccc2Cl)C1c1ccc(O)c(Cl)c1. The lowest BCUT2D eigenvalue weighted by atomic mass is 9.95. The molecule has 164 valence electrons. The van der Waals surface area contributed by atoms with E-state index in [9.17, 15) is 19.8 Å². The van der Waals surface area contributed by atoms with Gasteiger partial charge in [0.15, 0.2) is 0 Å². The Bertz CT molecular complexity index is 1050. The lowest BCUT2D eigenvalue weighted by molar-refractivity contribution is -0.139. The van der Waals surface area contributed by atoms with Crippen LogP contribution in [-0.2, 0) is 9.59 Å². The Balaban J connectivity index is 2.21. The van der Waals surface area contributed by atoms with Gasteiger partial charge in [0.05, 0.1) is 28.3 Å². The van der Waals surface area contributed by atoms with E-state index in [1.807, 2.05) is 13.8 Å². The van der Waals surface area contributed by atoms with E-state index in [4.69, 9.17) is 27.9 Å². The standard InChI is InChI=1S/C23H23Cl2NO5/c1-3-5-10-26-20(13-6-9-18(27)17(25)11-13)19(22(29)23(26)30)21(28)15-12-14(31-4-2)7-8-16(15)24/h6-9,11-12,20,27-28H,3-5,10H2,1-2H3/b21-19+. The Labute approximate surface area is 190 Å². The Morgan fingerprint density at radius 2 is 1.84 bits per heavy atom. The number of hydrogen-bond acceptors (Lipinski definition) is 5. The van der Waals surface area contributed by atoms with E-state index in [-0.39, 0.29) is 26.9 Å². The number of nitrogens with zero attached hydrogens (tertiary/aromatic N) is 1. The Morgan fingerprint density at radius 1 is 1.10 bits per heavy atom. The van der Waals surface area contributed by atoms with E-state index in [1.54, 1.807) is 18.2 Å². The van der Waals surface area contributed by atoms with Crippen molar-refractivity contribution in [2.24, 2.45) is 0 Å². The molecular weight excluding hydrogens is 441 g/mol. The van der Waals surface area contributed by atoms with Gasteiger partial charge in [-0.1, -0.05) is 42.6 Å². The molecule has 1 fully saturated rings. The molecule has 8 heteroatoms. The average Bonchev–Trinajstić information content (AvgIpc) is 3.00. The maximum atomic E-state index is 13.0. The van der Waals surface area contributed by atoms with Gasteiger partial charge in [-0.15, -0.1) is 0 Å². The molecule has 1 heterocycles. The number of halogens is 2. The molecule has 1 aliphatic rings. The van der Waals surface area contributed by atoms with Crippen molar-refractivity contribution in [3.8, 4) is 11.5 Å². The molecule has 0 radical (unpaired) electrons. The van der Waals surface area contributed by atoms with Gasteiger partial charge in [-0.3, -0.25) is 9.59 Å². The summed E-state index contributed by atoms with van der Waals surface area (Å²) in [5.41, 5.74) is 0.603. The summed E-state index contributed by atoms with van der Waals surface area (Å²) in [6.07, 6.45) is 1.49. The van der Waals surface area contributed by atoms with E-state index in [0.717, 1.165) is 6.42 Å². The fourth-order valence-corrected chi connectivity index (χ4v) is 3.96. The molecule has 3 rings (SSSR count). The van der Waals surface area contributed by atoms with Crippen molar-refractivity contribution in [1.82, 2.24) is 4.90 Å². The highest BCUT2D eigenvalue weighted by molar-refractivity contribution is 6.47. The minimum Gasteiger partial charge on any atom is -0.507 e. The number of likely N-dealkylation sites (tertiary alicyclic amines) is 1. The Hall–Kier alpha value is -2.70. The second-order valence-electron chi connectivity index (χ2n) is 7.13. The predicted octanol–water partition coefficient (Wildman–Crippen LogP) is 5.32. The molecule has 2 N–H and O–H groups in total. The van der Waals surface area contributed by atoms with Crippen molar-refractivity contribution in [2.45, 2.75) is 32.7 Å². The number of unbranched alkanes of at least 4 members (excludes halogenated alkanes) is 1. The summed E-state index contributed by atoms with van der Waals surface area (Å²) in [5, 5.41) is 21.2. The first-order valence-corrected chi connectivity index (χ1v) is 10.7. The second-order valence-corrected chi connectivity index (χ2v) is 7.95. The molecule has 1 saturated heterocycles. The molecule has 6 nitrogen and oxygen atoms in total. The van der Waals surface area contributed by atoms with Crippen LogP contribution in [0.4, 0.5) is 0 Å².